The fraction of sp³-hybridized carbons (Fsp3) is 0.133. The highest BCUT2D eigenvalue weighted by molar-refractivity contribution is 9.10. The monoisotopic (exact) mass is 337 g/mol. The maximum Gasteiger partial charge on any atom is 0.255 e. The van der Waals surface area contributed by atoms with Crippen molar-refractivity contribution in [3.05, 3.63) is 57.3 Å². The number of aromatic hydroxyl groups is 1. The molecular weight excluding hydrogens is 325 g/mol. The van der Waals surface area contributed by atoms with Crippen LogP contribution in [-0.2, 0) is 0 Å². The number of benzene rings is 2. The van der Waals surface area contributed by atoms with Crippen LogP contribution in [-0.4, -0.2) is 11.0 Å². The smallest absolute Gasteiger partial charge is 0.255 e. The molecule has 104 valence electrons. The van der Waals surface area contributed by atoms with Crippen LogP contribution in [0.3, 0.4) is 0 Å². The van der Waals surface area contributed by atoms with Crippen LogP contribution in [0.25, 0.3) is 0 Å². The number of amides is 1. The van der Waals surface area contributed by atoms with Crippen LogP contribution in [0.5, 0.6) is 5.75 Å². The molecule has 20 heavy (non-hydrogen) atoms. The van der Waals surface area contributed by atoms with Crippen molar-refractivity contribution in [1.29, 1.82) is 0 Å². The number of carbonyl (C=O) groups is 1. The van der Waals surface area contributed by atoms with Gasteiger partial charge in [0.1, 0.15) is 11.6 Å². The molecule has 0 bridgehead atoms. The Balaban J connectivity index is 2.30. The van der Waals surface area contributed by atoms with Crippen LogP contribution in [0.1, 0.15) is 21.5 Å². The molecule has 0 aliphatic rings. The van der Waals surface area contributed by atoms with E-state index in [9.17, 15) is 14.3 Å². The van der Waals surface area contributed by atoms with Crippen molar-refractivity contribution in [2.45, 2.75) is 13.8 Å². The van der Waals surface area contributed by atoms with Gasteiger partial charge >= 0.3 is 0 Å². The summed E-state index contributed by atoms with van der Waals surface area (Å²) in [6, 6.07) is 7.25. The predicted molar refractivity (Wildman–Crippen MR) is 79.6 cm³/mol. The molecule has 0 atom stereocenters. The Hall–Kier alpha value is -1.88. The third-order valence-electron chi connectivity index (χ3n) is 2.92. The second-order valence-electron chi connectivity index (χ2n) is 4.57. The summed E-state index contributed by atoms with van der Waals surface area (Å²) < 4.78 is 13.8. The van der Waals surface area contributed by atoms with Gasteiger partial charge < -0.3 is 10.4 Å². The number of hydrogen-bond acceptors (Lipinski definition) is 2. The zero-order valence-electron chi connectivity index (χ0n) is 11.0. The normalized spacial score (nSPS) is 10.4. The van der Waals surface area contributed by atoms with Gasteiger partial charge in [-0.1, -0.05) is 15.9 Å². The van der Waals surface area contributed by atoms with Crippen LogP contribution >= 0.6 is 15.9 Å². The highest BCUT2D eigenvalue weighted by Crippen LogP contribution is 2.25. The minimum absolute atomic E-state index is 0.175. The summed E-state index contributed by atoms with van der Waals surface area (Å²) in [6.45, 7) is 3.51. The van der Waals surface area contributed by atoms with Gasteiger partial charge in [0.25, 0.3) is 5.91 Å². The summed E-state index contributed by atoms with van der Waals surface area (Å²) >= 11 is 3.15. The molecular formula is C15H13BrFNO2. The van der Waals surface area contributed by atoms with E-state index in [1.165, 1.54) is 12.1 Å². The highest BCUT2D eigenvalue weighted by atomic mass is 79.9. The molecule has 5 heteroatoms. The van der Waals surface area contributed by atoms with Crippen LogP contribution in [0.4, 0.5) is 10.1 Å². The van der Waals surface area contributed by atoms with Gasteiger partial charge in [0.05, 0.1) is 0 Å². The van der Waals surface area contributed by atoms with E-state index in [4.69, 9.17) is 0 Å². The number of phenols is 1. The molecule has 0 fully saturated rings. The van der Waals surface area contributed by atoms with E-state index in [2.05, 4.69) is 21.2 Å². The molecule has 0 aromatic heterocycles. The van der Waals surface area contributed by atoms with Crippen molar-refractivity contribution in [3.63, 3.8) is 0 Å². The topological polar surface area (TPSA) is 49.3 Å². The van der Waals surface area contributed by atoms with Gasteiger partial charge in [0, 0.05) is 15.7 Å². The van der Waals surface area contributed by atoms with E-state index in [1.54, 1.807) is 32.0 Å². The van der Waals surface area contributed by atoms with E-state index >= 15 is 0 Å². The zero-order chi connectivity index (χ0) is 14.9. The molecule has 2 aromatic rings. The first kappa shape index (κ1) is 14.5. The maximum absolute atomic E-state index is 13.3. The van der Waals surface area contributed by atoms with Gasteiger partial charge in [0.15, 0.2) is 0 Å². The van der Waals surface area contributed by atoms with Gasteiger partial charge in [-0.15, -0.1) is 0 Å². The lowest BCUT2D eigenvalue weighted by atomic mass is 10.1. The van der Waals surface area contributed by atoms with Crippen LogP contribution in [0.2, 0.25) is 0 Å². The van der Waals surface area contributed by atoms with Crippen molar-refractivity contribution >= 4 is 27.5 Å². The minimum atomic E-state index is -0.483. The second kappa shape index (κ2) is 5.63. The third-order valence-corrected chi connectivity index (χ3v) is 3.37. The van der Waals surface area contributed by atoms with E-state index < -0.39 is 11.7 Å². The predicted octanol–water partition coefficient (Wildman–Crippen LogP) is 4.16. The van der Waals surface area contributed by atoms with Crippen molar-refractivity contribution in [2.24, 2.45) is 0 Å². The molecule has 2 aromatic carbocycles. The first-order valence-corrected chi connectivity index (χ1v) is 6.74. The molecule has 0 saturated carbocycles. The first-order valence-electron chi connectivity index (χ1n) is 5.94. The van der Waals surface area contributed by atoms with E-state index in [0.717, 1.165) is 5.56 Å². The summed E-state index contributed by atoms with van der Waals surface area (Å²) in [5.74, 6) is -0.712. The molecule has 0 spiro atoms. The quantitative estimate of drug-likeness (QED) is 0.808. The van der Waals surface area contributed by atoms with Crippen molar-refractivity contribution in [2.75, 3.05) is 5.32 Å². The number of aryl methyl sites for hydroxylation is 2. The summed E-state index contributed by atoms with van der Waals surface area (Å²) in [4.78, 5) is 12.1. The standard InChI is InChI=1S/C15H13BrFNO2/c1-8-4-14(19)9(2)3-13(8)18-15(20)10-5-11(16)7-12(17)6-10/h3-7,19H,1-2H3,(H,18,20). The molecule has 2 rings (SSSR count). The number of hydrogen-bond donors (Lipinski definition) is 2. The largest absolute Gasteiger partial charge is 0.508 e. The average Bonchev–Trinajstić information content (AvgIpc) is 2.34. The lowest BCUT2D eigenvalue weighted by Gasteiger charge is -2.11. The van der Waals surface area contributed by atoms with Crippen molar-refractivity contribution in [3.8, 4) is 5.75 Å². The van der Waals surface area contributed by atoms with E-state index in [1.807, 2.05) is 0 Å². The molecule has 0 heterocycles. The third kappa shape index (κ3) is 3.17. The summed E-state index contributed by atoms with van der Waals surface area (Å²) in [5.41, 5.74) is 2.20. The Morgan fingerprint density at radius 3 is 2.50 bits per heavy atom. The number of nitrogens with one attached hydrogen (secondary N) is 1. The van der Waals surface area contributed by atoms with Gasteiger partial charge in [-0.25, -0.2) is 4.39 Å². The molecule has 1 amide bonds. The molecule has 0 aliphatic heterocycles. The lowest BCUT2D eigenvalue weighted by molar-refractivity contribution is 0.102. The number of halogens is 2. The fourth-order valence-corrected chi connectivity index (χ4v) is 2.28. The fourth-order valence-electron chi connectivity index (χ4n) is 1.82. The Kier molecular flexibility index (Phi) is 4.09. The van der Waals surface area contributed by atoms with E-state index in [0.29, 0.717) is 15.7 Å². The summed E-state index contributed by atoms with van der Waals surface area (Å²) in [7, 11) is 0. The SMILES string of the molecule is Cc1cc(NC(=O)c2cc(F)cc(Br)c2)c(C)cc1O. The zero-order valence-corrected chi connectivity index (χ0v) is 12.6. The van der Waals surface area contributed by atoms with Crippen molar-refractivity contribution in [1.82, 2.24) is 0 Å². The highest BCUT2D eigenvalue weighted by Gasteiger charge is 2.11. The van der Waals surface area contributed by atoms with Gasteiger partial charge in [0.2, 0.25) is 0 Å². The first-order chi connectivity index (χ1) is 9.36. The molecule has 0 unspecified atom stereocenters. The number of anilines is 1. The van der Waals surface area contributed by atoms with Crippen LogP contribution in [0.15, 0.2) is 34.8 Å². The lowest BCUT2D eigenvalue weighted by Crippen LogP contribution is -2.13. The molecule has 0 aliphatic carbocycles. The van der Waals surface area contributed by atoms with Gasteiger partial charge in [-0.3, -0.25) is 4.79 Å². The van der Waals surface area contributed by atoms with Gasteiger partial charge in [-0.05, 0) is 55.3 Å². The molecule has 2 N–H and O–H groups in total. The Bertz CT molecular complexity index is 666. The maximum atomic E-state index is 13.3. The van der Waals surface area contributed by atoms with Gasteiger partial charge in [-0.2, -0.15) is 0 Å². The molecule has 0 radical (unpaired) electrons. The van der Waals surface area contributed by atoms with E-state index in [-0.39, 0.29) is 11.3 Å². The Labute approximate surface area is 124 Å². The number of carbonyl (C=O) groups excluding carboxylic acids is 1. The van der Waals surface area contributed by atoms with Crippen LogP contribution < -0.4 is 5.32 Å². The Morgan fingerprint density at radius 2 is 1.85 bits per heavy atom. The Morgan fingerprint density at radius 1 is 1.15 bits per heavy atom. The molecule has 0 saturated heterocycles. The average molecular weight is 338 g/mol. The van der Waals surface area contributed by atoms with Crippen LogP contribution in [0, 0.1) is 19.7 Å². The second-order valence-corrected chi connectivity index (χ2v) is 5.48. The molecule has 3 nitrogen and oxygen atoms in total. The minimum Gasteiger partial charge on any atom is -0.508 e. The number of rotatable bonds is 2. The summed E-state index contributed by atoms with van der Waals surface area (Å²) in [6.07, 6.45) is 0. The summed E-state index contributed by atoms with van der Waals surface area (Å²) in [5, 5.41) is 12.3. The van der Waals surface area contributed by atoms with Crippen molar-refractivity contribution < 1.29 is 14.3 Å². The number of phenolic OH excluding ortho intramolecular Hbond substituents is 1.